The van der Waals surface area contributed by atoms with Gasteiger partial charge in [-0.15, -0.1) is 0 Å². The lowest BCUT2D eigenvalue weighted by Gasteiger charge is -2.41. The van der Waals surface area contributed by atoms with E-state index in [1.54, 1.807) is 0 Å². The smallest absolute Gasteiger partial charge is 0.416 e. The van der Waals surface area contributed by atoms with Crippen LogP contribution in [0.5, 0.6) is 11.5 Å². The Morgan fingerprint density at radius 2 is 1.00 bits per heavy atom. The molecule has 0 atom stereocenters. The first-order valence-corrected chi connectivity index (χ1v) is 12.7. The van der Waals surface area contributed by atoms with Crippen molar-refractivity contribution in [3.8, 4) is 11.5 Å². The van der Waals surface area contributed by atoms with E-state index in [-0.39, 0.29) is 0 Å². The Labute approximate surface area is 168 Å². The van der Waals surface area contributed by atoms with Crippen molar-refractivity contribution in [2.45, 2.75) is 0 Å². The number of hydrogen-bond acceptors (Lipinski definition) is 3. The van der Waals surface area contributed by atoms with Crippen LogP contribution in [-0.2, 0) is 11.8 Å². The van der Waals surface area contributed by atoms with Crippen molar-refractivity contribution in [1.82, 2.24) is 14.0 Å². The van der Waals surface area contributed by atoms with Crippen LogP contribution in [0, 0.1) is 0 Å². The van der Waals surface area contributed by atoms with Gasteiger partial charge in [0.25, 0.3) is 0 Å². The Hall–Kier alpha value is -1.20. The molecule has 0 saturated carbocycles. The van der Waals surface area contributed by atoms with Crippen LogP contribution < -0.4 is 9.05 Å². The van der Waals surface area contributed by atoms with Crippen LogP contribution >= 0.6 is 14.1 Å². The summed E-state index contributed by atoms with van der Waals surface area (Å²) < 4.78 is 23.8. The van der Waals surface area contributed by atoms with Gasteiger partial charge in [-0.25, -0.2) is 0 Å². The summed E-state index contributed by atoms with van der Waals surface area (Å²) >= 11 is 5.92. The Kier molecular flexibility index (Phi) is 7.64. The first kappa shape index (κ1) is 22.1. The molecule has 0 aromatic heterocycles. The van der Waals surface area contributed by atoms with Gasteiger partial charge in [0.2, 0.25) is 0 Å². The quantitative estimate of drug-likeness (QED) is 0.554. The first-order chi connectivity index (χ1) is 12.7. The first-order valence-electron chi connectivity index (χ1n) is 8.46. The molecule has 0 amide bonds. The number of nitrogens with zero attached hydrogens (tertiary/aromatic N) is 4. The molecule has 0 unspecified atom stereocenters. The van der Waals surface area contributed by atoms with Crippen LogP contribution in [-0.4, -0.2) is 56.3 Å². The third kappa shape index (κ3) is 5.41. The molecule has 0 spiro atoms. The van der Waals surface area contributed by atoms with Crippen molar-refractivity contribution >= 4 is 26.0 Å². The zero-order valence-electron chi connectivity index (χ0n) is 16.7. The van der Waals surface area contributed by atoms with Crippen LogP contribution in [0.1, 0.15) is 0 Å². The van der Waals surface area contributed by atoms with Gasteiger partial charge in [0, 0.05) is 11.8 Å². The second-order valence-corrected chi connectivity index (χ2v) is 13.3. The summed E-state index contributed by atoms with van der Waals surface area (Å²) in [4.78, 5) is 0. The summed E-state index contributed by atoms with van der Waals surface area (Å²) in [6.07, 6.45) is 0. The molecule has 0 N–H and O–H groups in total. The van der Waals surface area contributed by atoms with E-state index in [1.807, 2.05) is 103 Å². The van der Waals surface area contributed by atoms with E-state index in [0.717, 1.165) is 0 Å². The number of rotatable bonds is 8. The predicted molar refractivity (Wildman–Crippen MR) is 119 cm³/mol. The van der Waals surface area contributed by atoms with Crippen molar-refractivity contribution in [2.75, 3.05) is 42.3 Å². The molecule has 6 nitrogen and oxygen atoms in total. The van der Waals surface area contributed by atoms with Crippen LogP contribution in [0.15, 0.2) is 65.2 Å². The third-order valence-corrected chi connectivity index (χ3v) is 10.8. The topological polar surface area (TPSA) is 40.5 Å². The van der Waals surface area contributed by atoms with Crippen LogP contribution in [0.25, 0.3) is 0 Å². The van der Waals surface area contributed by atoms with Crippen LogP contribution in [0.2, 0.25) is 0 Å². The second-order valence-electron chi connectivity index (χ2n) is 6.44. The van der Waals surface area contributed by atoms with Gasteiger partial charge in [-0.1, -0.05) is 36.4 Å². The van der Waals surface area contributed by atoms with Gasteiger partial charge >= 0.3 is 6.64 Å². The number of benzene rings is 2. The highest BCUT2D eigenvalue weighted by Gasteiger charge is 2.35. The fourth-order valence-electron chi connectivity index (χ4n) is 2.74. The van der Waals surface area contributed by atoms with Crippen molar-refractivity contribution in [3.05, 3.63) is 60.7 Å². The molecule has 0 aliphatic carbocycles. The highest BCUT2D eigenvalue weighted by molar-refractivity contribution is 8.10. The van der Waals surface area contributed by atoms with E-state index in [1.165, 1.54) is 0 Å². The molecule has 0 radical (unpaired) electrons. The lowest BCUT2D eigenvalue weighted by Crippen LogP contribution is -2.30. The maximum absolute atomic E-state index is 6.20. The maximum atomic E-state index is 6.20. The molecule has 148 valence electrons. The molecule has 0 saturated heterocycles. The highest BCUT2D eigenvalue weighted by atomic mass is 32.5. The lowest BCUT2D eigenvalue weighted by atomic mass is 10.3. The second kappa shape index (κ2) is 9.33. The zero-order valence-corrected chi connectivity index (χ0v) is 19.3. The normalized spacial score (nSPS) is 12.5. The van der Waals surface area contributed by atoms with Gasteiger partial charge in [-0.3, -0.25) is 14.0 Å². The van der Waals surface area contributed by atoms with E-state index in [9.17, 15) is 0 Å². The third-order valence-electron chi connectivity index (χ3n) is 3.77. The summed E-state index contributed by atoms with van der Waals surface area (Å²) in [5, 5.41) is 0. The molecule has 2 aromatic carbocycles. The SMILES string of the molecule is CN(C)P(=NP(=S)(Oc1ccccc1)Oc1ccccc1)(N(C)C)N(C)C. The van der Waals surface area contributed by atoms with Gasteiger partial charge < -0.3 is 9.05 Å². The average Bonchev–Trinajstić information content (AvgIpc) is 2.60. The Morgan fingerprint density at radius 3 is 1.30 bits per heavy atom. The molecular formula is C18H28N4O2P2S. The highest BCUT2D eigenvalue weighted by Crippen LogP contribution is 2.65. The summed E-state index contributed by atoms with van der Waals surface area (Å²) in [7, 11) is 9.72. The molecule has 2 rings (SSSR count). The monoisotopic (exact) mass is 426 g/mol. The fourth-order valence-corrected chi connectivity index (χ4v) is 10.5. The molecule has 0 fully saturated rings. The molecule has 2 aromatic rings. The average molecular weight is 426 g/mol. The van der Waals surface area contributed by atoms with E-state index < -0.39 is 14.1 Å². The minimum Gasteiger partial charge on any atom is -0.419 e. The maximum Gasteiger partial charge on any atom is 0.416 e. The van der Waals surface area contributed by atoms with Crippen molar-refractivity contribution < 1.29 is 9.05 Å². The molecular weight excluding hydrogens is 398 g/mol. The van der Waals surface area contributed by atoms with E-state index >= 15 is 0 Å². The Morgan fingerprint density at radius 1 is 0.667 bits per heavy atom. The minimum atomic E-state index is -3.06. The fraction of sp³-hybridized carbons (Fsp3) is 0.333. The molecule has 0 bridgehead atoms. The molecule has 0 aliphatic heterocycles. The molecule has 0 heterocycles. The van der Waals surface area contributed by atoms with E-state index in [0.29, 0.717) is 11.5 Å². The molecule has 9 heteroatoms. The lowest BCUT2D eigenvalue weighted by molar-refractivity contribution is 0.463. The molecule has 0 aliphatic rings. The van der Waals surface area contributed by atoms with Crippen molar-refractivity contribution in [3.63, 3.8) is 0 Å². The van der Waals surface area contributed by atoms with Gasteiger partial charge in [0.15, 0.2) is 7.51 Å². The van der Waals surface area contributed by atoms with Gasteiger partial charge in [0.1, 0.15) is 11.5 Å². The van der Waals surface area contributed by atoms with Crippen molar-refractivity contribution in [2.24, 2.45) is 4.52 Å². The number of para-hydroxylation sites is 2. The van der Waals surface area contributed by atoms with E-state index in [4.69, 9.17) is 25.4 Å². The van der Waals surface area contributed by atoms with Crippen LogP contribution in [0.4, 0.5) is 0 Å². The van der Waals surface area contributed by atoms with Crippen molar-refractivity contribution in [1.29, 1.82) is 0 Å². The minimum absolute atomic E-state index is 0.648. The largest absolute Gasteiger partial charge is 0.419 e. The van der Waals surface area contributed by atoms with E-state index in [2.05, 4.69) is 14.0 Å². The van der Waals surface area contributed by atoms with Gasteiger partial charge in [-0.2, -0.15) is 4.52 Å². The van der Waals surface area contributed by atoms with Gasteiger partial charge in [0.05, 0.1) is 0 Å². The Balaban J connectivity index is 2.61. The summed E-state index contributed by atoms with van der Waals surface area (Å²) in [6.45, 7) is -3.06. The van der Waals surface area contributed by atoms with Gasteiger partial charge in [-0.05, 0) is 66.6 Å². The number of hydrogen-bond donors (Lipinski definition) is 0. The zero-order chi connectivity index (χ0) is 20.1. The summed E-state index contributed by atoms with van der Waals surface area (Å²) in [5.74, 6) is 1.30. The predicted octanol–water partition coefficient (Wildman–Crippen LogP) is 5.00. The van der Waals surface area contributed by atoms with Crippen LogP contribution in [0.3, 0.4) is 0 Å². The molecule has 27 heavy (non-hydrogen) atoms. The summed E-state index contributed by atoms with van der Waals surface area (Å²) in [5.41, 5.74) is 0. The summed E-state index contributed by atoms with van der Waals surface area (Å²) in [6, 6.07) is 19.0. The Bertz CT molecular complexity index is 756. The standard InChI is InChI=1S/C18H28N4O2P2S/c1-20(2)25(21(3)4,22(5)6)19-26(27,23-17-13-9-7-10-14-17)24-18-15-11-8-12-16-18/h7-16H,1-6H3.